The molecule has 1 aliphatic heterocycles. The Balaban J connectivity index is 2.41. The van der Waals surface area contributed by atoms with Crippen LogP contribution in [0.25, 0.3) is 0 Å². The lowest BCUT2D eigenvalue weighted by molar-refractivity contribution is 0.0886. The molecule has 1 saturated heterocycles. The number of hydrogen-bond donors (Lipinski definition) is 2. The van der Waals surface area contributed by atoms with Crippen LogP contribution in [-0.4, -0.2) is 62.6 Å². The molecule has 4 nitrogen and oxygen atoms in total. The normalized spacial score (nSPS) is 26.6. The summed E-state index contributed by atoms with van der Waals surface area (Å²) in [6.07, 6.45) is 2.02. The van der Waals surface area contributed by atoms with Gasteiger partial charge in [0.2, 0.25) is 0 Å². The Labute approximate surface area is 105 Å². The third-order valence-corrected chi connectivity index (χ3v) is 3.29. The van der Waals surface area contributed by atoms with E-state index >= 15 is 0 Å². The Morgan fingerprint density at radius 3 is 2.82 bits per heavy atom. The second-order valence-electron chi connectivity index (χ2n) is 5.53. The maximum atomic E-state index is 9.41. The van der Waals surface area contributed by atoms with Crippen molar-refractivity contribution in [1.82, 2.24) is 10.2 Å². The number of hydrogen-bond acceptors (Lipinski definition) is 4. The molecule has 1 fully saturated rings. The summed E-state index contributed by atoms with van der Waals surface area (Å²) in [5, 5.41) is 12.9. The van der Waals surface area contributed by atoms with Gasteiger partial charge in [0.25, 0.3) is 0 Å². The third kappa shape index (κ3) is 5.34. The lowest BCUT2D eigenvalue weighted by atomic mass is 9.86. The van der Waals surface area contributed by atoms with Crippen LogP contribution in [0.3, 0.4) is 0 Å². The third-order valence-electron chi connectivity index (χ3n) is 3.29. The molecule has 0 aromatic heterocycles. The fraction of sp³-hybridized carbons (Fsp3) is 1.00. The molecule has 2 N–H and O–H groups in total. The van der Waals surface area contributed by atoms with E-state index in [4.69, 9.17) is 4.74 Å². The van der Waals surface area contributed by atoms with Crippen molar-refractivity contribution < 1.29 is 9.84 Å². The Bertz CT molecular complexity index is 204. The van der Waals surface area contributed by atoms with Gasteiger partial charge in [0.05, 0.1) is 12.7 Å². The monoisotopic (exact) mass is 244 g/mol. The van der Waals surface area contributed by atoms with Crippen molar-refractivity contribution in [1.29, 1.82) is 0 Å². The van der Waals surface area contributed by atoms with Gasteiger partial charge in [-0.1, -0.05) is 6.92 Å². The number of likely N-dealkylation sites (N-methyl/N-ethyl adjacent to an activating group) is 1. The first-order valence-corrected chi connectivity index (χ1v) is 6.73. The summed E-state index contributed by atoms with van der Waals surface area (Å²) in [7, 11) is 2.08. The van der Waals surface area contributed by atoms with Gasteiger partial charge >= 0.3 is 0 Å². The molecule has 2 unspecified atom stereocenters. The second kappa shape index (κ2) is 7.31. The van der Waals surface area contributed by atoms with Gasteiger partial charge in [-0.3, -0.25) is 0 Å². The summed E-state index contributed by atoms with van der Waals surface area (Å²) in [6.45, 7) is 9.55. The molecule has 4 heteroatoms. The van der Waals surface area contributed by atoms with E-state index in [0.29, 0.717) is 0 Å². The molecule has 0 saturated carbocycles. The molecule has 102 valence electrons. The van der Waals surface area contributed by atoms with Crippen LogP contribution < -0.4 is 5.32 Å². The van der Waals surface area contributed by atoms with E-state index < -0.39 is 0 Å². The van der Waals surface area contributed by atoms with Gasteiger partial charge in [-0.2, -0.15) is 0 Å². The van der Waals surface area contributed by atoms with Gasteiger partial charge in [-0.15, -0.1) is 0 Å². The molecule has 0 spiro atoms. The molecule has 2 atom stereocenters. The zero-order valence-electron chi connectivity index (χ0n) is 11.5. The molecular weight excluding hydrogens is 216 g/mol. The van der Waals surface area contributed by atoms with E-state index in [9.17, 15) is 5.11 Å². The number of aliphatic hydroxyl groups is 1. The van der Waals surface area contributed by atoms with Gasteiger partial charge in [0.1, 0.15) is 0 Å². The van der Waals surface area contributed by atoms with Gasteiger partial charge < -0.3 is 20.1 Å². The molecule has 1 rings (SSSR count). The average molecular weight is 244 g/mol. The van der Waals surface area contributed by atoms with Gasteiger partial charge in [-0.05, 0) is 33.4 Å². The summed E-state index contributed by atoms with van der Waals surface area (Å²) in [5.74, 6) is 0. The summed E-state index contributed by atoms with van der Waals surface area (Å²) >= 11 is 0. The number of nitrogens with zero attached hydrogens (tertiary/aromatic N) is 1. The Morgan fingerprint density at radius 1 is 1.53 bits per heavy atom. The SMILES string of the molecule is CCCNCC1(CN(C)CC(C)O)CCOC1. The minimum atomic E-state index is -0.261. The molecule has 1 heterocycles. The highest BCUT2D eigenvalue weighted by Gasteiger charge is 2.35. The summed E-state index contributed by atoms with van der Waals surface area (Å²) in [6, 6.07) is 0. The van der Waals surface area contributed by atoms with E-state index in [2.05, 4.69) is 24.2 Å². The van der Waals surface area contributed by atoms with Gasteiger partial charge in [0.15, 0.2) is 0 Å². The van der Waals surface area contributed by atoms with Gasteiger partial charge in [0, 0.05) is 31.7 Å². The van der Waals surface area contributed by atoms with Crippen LogP contribution in [0.5, 0.6) is 0 Å². The Morgan fingerprint density at radius 2 is 2.29 bits per heavy atom. The van der Waals surface area contributed by atoms with E-state index in [1.54, 1.807) is 0 Å². The number of rotatable bonds is 8. The first-order valence-electron chi connectivity index (χ1n) is 6.73. The van der Waals surface area contributed by atoms with Crippen LogP contribution in [-0.2, 0) is 4.74 Å². The highest BCUT2D eigenvalue weighted by Crippen LogP contribution is 2.28. The van der Waals surface area contributed by atoms with Crippen molar-refractivity contribution in [3.05, 3.63) is 0 Å². The number of ether oxygens (including phenoxy) is 1. The van der Waals surface area contributed by atoms with Crippen LogP contribution in [0.1, 0.15) is 26.7 Å². The van der Waals surface area contributed by atoms with E-state index in [-0.39, 0.29) is 11.5 Å². The van der Waals surface area contributed by atoms with Crippen molar-refractivity contribution in [3.8, 4) is 0 Å². The molecular formula is C13H28N2O2. The van der Waals surface area contributed by atoms with Crippen LogP contribution in [0.15, 0.2) is 0 Å². The molecule has 17 heavy (non-hydrogen) atoms. The van der Waals surface area contributed by atoms with Crippen molar-refractivity contribution in [2.75, 3.05) is 46.4 Å². The minimum Gasteiger partial charge on any atom is -0.392 e. The summed E-state index contributed by atoms with van der Waals surface area (Å²) in [5.41, 5.74) is 0.235. The lowest BCUT2D eigenvalue weighted by Crippen LogP contribution is -2.45. The fourth-order valence-corrected chi connectivity index (χ4v) is 2.59. The number of nitrogens with one attached hydrogen (secondary N) is 1. The summed E-state index contributed by atoms with van der Waals surface area (Å²) in [4.78, 5) is 2.22. The topological polar surface area (TPSA) is 44.7 Å². The maximum Gasteiger partial charge on any atom is 0.0638 e. The van der Waals surface area contributed by atoms with Crippen molar-refractivity contribution >= 4 is 0 Å². The van der Waals surface area contributed by atoms with E-state index in [1.807, 2.05) is 6.92 Å². The standard InChI is InChI=1S/C13H28N2O2/c1-4-6-14-9-13(5-7-17-11-13)10-15(3)8-12(2)16/h12,14,16H,4-11H2,1-3H3. The van der Waals surface area contributed by atoms with Crippen LogP contribution in [0.2, 0.25) is 0 Å². The van der Waals surface area contributed by atoms with Crippen LogP contribution in [0, 0.1) is 5.41 Å². The molecule has 0 aromatic carbocycles. The van der Waals surface area contributed by atoms with Gasteiger partial charge in [-0.25, -0.2) is 0 Å². The maximum absolute atomic E-state index is 9.41. The zero-order valence-corrected chi connectivity index (χ0v) is 11.5. The first-order chi connectivity index (χ1) is 8.08. The largest absolute Gasteiger partial charge is 0.392 e. The van der Waals surface area contributed by atoms with Crippen molar-refractivity contribution in [3.63, 3.8) is 0 Å². The van der Waals surface area contributed by atoms with Crippen LogP contribution >= 0.6 is 0 Å². The van der Waals surface area contributed by atoms with Crippen molar-refractivity contribution in [2.45, 2.75) is 32.8 Å². The summed E-state index contributed by atoms with van der Waals surface area (Å²) < 4.78 is 5.57. The van der Waals surface area contributed by atoms with Crippen molar-refractivity contribution in [2.24, 2.45) is 5.41 Å². The first kappa shape index (κ1) is 14.9. The lowest BCUT2D eigenvalue weighted by Gasteiger charge is -2.33. The molecule has 0 aliphatic carbocycles. The van der Waals surface area contributed by atoms with E-state index in [0.717, 1.165) is 45.8 Å². The predicted octanol–water partition coefficient (Wildman–Crippen LogP) is 0.705. The smallest absolute Gasteiger partial charge is 0.0638 e. The Hall–Kier alpha value is -0.160. The molecule has 0 aromatic rings. The molecule has 0 radical (unpaired) electrons. The van der Waals surface area contributed by atoms with Crippen LogP contribution in [0.4, 0.5) is 0 Å². The Kier molecular flexibility index (Phi) is 6.41. The average Bonchev–Trinajstić information content (AvgIpc) is 2.65. The van der Waals surface area contributed by atoms with E-state index in [1.165, 1.54) is 6.42 Å². The number of aliphatic hydroxyl groups excluding tert-OH is 1. The highest BCUT2D eigenvalue weighted by atomic mass is 16.5. The molecule has 1 aliphatic rings. The highest BCUT2D eigenvalue weighted by molar-refractivity contribution is 4.88. The minimum absolute atomic E-state index is 0.235. The quantitative estimate of drug-likeness (QED) is 0.617. The molecule has 0 bridgehead atoms. The molecule has 0 amide bonds. The predicted molar refractivity (Wildman–Crippen MR) is 70.2 cm³/mol. The fourth-order valence-electron chi connectivity index (χ4n) is 2.59. The second-order valence-corrected chi connectivity index (χ2v) is 5.53. The zero-order chi connectivity index (χ0) is 12.7.